The van der Waals surface area contributed by atoms with Crippen LogP contribution in [0.15, 0.2) is 315 Å². The summed E-state index contributed by atoms with van der Waals surface area (Å²) in [7, 11) is 2.19. The van der Waals surface area contributed by atoms with E-state index in [4.69, 9.17) is 9.97 Å². The Hall–Kier alpha value is -12.5. The van der Waals surface area contributed by atoms with E-state index in [-0.39, 0.29) is 0 Å². The molecule has 0 radical (unpaired) electrons. The summed E-state index contributed by atoms with van der Waals surface area (Å²) in [4.78, 5) is 10.6. The second-order valence-corrected chi connectivity index (χ2v) is 27.7. The zero-order valence-electron chi connectivity index (χ0n) is 54.5. The Morgan fingerprint density at radius 2 is 0.697 bits per heavy atom. The molecule has 4 aliphatic carbocycles. The molecular weight excluding hydrogens is 1200 g/mol. The number of benzene rings is 16. The van der Waals surface area contributed by atoms with E-state index < -0.39 is 10.8 Å². The molecule has 18 aromatic rings. The molecule has 22 rings (SSSR count). The van der Waals surface area contributed by atoms with Crippen LogP contribution in [0.1, 0.15) is 51.4 Å². The van der Waals surface area contributed by atoms with Crippen LogP contribution in [0.3, 0.4) is 0 Å². The predicted molar refractivity (Wildman–Crippen MR) is 409 cm³/mol. The van der Waals surface area contributed by atoms with Crippen LogP contribution >= 0.6 is 0 Å². The number of aromatic nitrogens is 4. The summed E-state index contributed by atoms with van der Waals surface area (Å²) in [6, 6.07) is 119. The number of nitrogens with zero attached hydrogens (tertiary/aromatic N) is 4. The van der Waals surface area contributed by atoms with Crippen molar-refractivity contribution >= 4 is 65.2 Å². The Morgan fingerprint density at radius 1 is 0.283 bits per heavy atom. The Morgan fingerprint density at radius 3 is 1.29 bits per heavy atom. The Labute approximate surface area is 572 Å². The summed E-state index contributed by atoms with van der Waals surface area (Å²) in [5, 5.41) is 10.0. The summed E-state index contributed by atoms with van der Waals surface area (Å²) in [6.07, 6.45) is 0. The van der Waals surface area contributed by atoms with Gasteiger partial charge in [-0.05, 0) is 215 Å². The topological polar surface area (TPSA) is 35.6 Å². The first-order valence-electron chi connectivity index (χ1n) is 34.7. The van der Waals surface area contributed by atoms with Crippen molar-refractivity contribution < 1.29 is 0 Å². The van der Waals surface area contributed by atoms with E-state index in [1.807, 2.05) is 0 Å². The maximum Gasteiger partial charge on any atom is 0.141 e. The zero-order chi connectivity index (χ0) is 65.0. The molecule has 0 unspecified atom stereocenters. The lowest BCUT2D eigenvalue weighted by Crippen LogP contribution is -2.26. The predicted octanol–water partition coefficient (Wildman–Crippen LogP) is 23.6. The zero-order valence-corrected chi connectivity index (χ0v) is 54.5. The van der Waals surface area contributed by atoms with Crippen molar-refractivity contribution in [1.82, 2.24) is 19.1 Å². The Balaban J connectivity index is 0.648. The third-order valence-electron chi connectivity index (χ3n) is 23.1. The average Bonchev–Trinajstić information content (AvgIpc) is 1.51. The third kappa shape index (κ3) is 7.16. The second-order valence-electron chi connectivity index (χ2n) is 27.7. The van der Waals surface area contributed by atoms with Crippen molar-refractivity contribution in [3.05, 3.63) is 360 Å². The molecule has 0 saturated carbocycles. The minimum Gasteiger partial charge on any atom is -0.327 e. The number of imidazole rings is 2. The number of rotatable bonds is 6. The highest BCUT2D eigenvalue weighted by Gasteiger charge is 2.54. The largest absolute Gasteiger partial charge is 0.327 e. The molecule has 0 amide bonds. The molecule has 0 saturated heterocycles. The summed E-state index contributed by atoms with van der Waals surface area (Å²) in [6.45, 7) is 3.04. The molecule has 0 fully saturated rings. The maximum atomic E-state index is 5.46. The average molecular weight is 1260 g/mol. The molecule has 4 heteroatoms. The van der Waals surface area contributed by atoms with Gasteiger partial charge in [-0.1, -0.05) is 267 Å². The first kappa shape index (κ1) is 54.7. The molecule has 0 bridgehead atoms. The van der Waals surface area contributed by atoms with E-state index >= 15 is 0 Å². The van der Waals surface area contributed by atoms with Crippen molar-refractivity contribution in [1.29, 1.82) is 0 Å². The van der Waals surface area contributed by atoms with Crippen LogP contribution in [-0.2, 0) is 24.4 Å². The lowest BCUT2D eigenvalue weighted by Gasteiger charge is -2.31. The van der Waals surface area contributed by atoms with Gasteiger partial charge < -0.3 is 9.13 Å². The molecular formula is C95H60N4. The van der Waals surface area contributed by atoms with E-state index in [1.165, 1.54) is 149 Å². The summed E-state index contributed by atoms with van der Waals surface area (Å²) in [5.41, 5.74) is 33.8. The van der Waals surface area contributed by atoms with Gasteiger partial charge in [-0.3, -0.25) is 0 Å². The van der Waals surface area contributed by atoms with Crippen molar-refractivity contribution in [3.8, 4) is 101 Å². The lowest BCUT2D eigenvalue weighted by atomic mass is 9.69. The molecule has 460 valence electrons. The molecule has 4 aliphatic rings. The van der Waals surface area contributed by atoms with Gasteiger partial charge in [0, 0.05) is 30.3 Å². The fourth-order valence-electron chi connectivity index (χ4n) is 19.1. The lowest BCUT2D eigenvalue weighted by molar-refractivity contribution is 0.796. The van der Waals surface area contributed by atoms with E-state index in [0.29, 0.717) is 0 Å². The van der Waals surface area contributed by atoms with Gasteiger partial charge in [-0.2, -0.15) is 0 Å². The van der Waals surface area contributed by atoms with Gasteiger partial charge in [0.25, 0.3) is 0 Å². The van der Waals surface area contributed by atoms with Gasteiger partial charge in [0.15, 0.2) is 0 Å². The van der Waals surface area contributed by atoms with E-state index in [2.05, 4.69) is 339 Å². The standard InChI is InChI=1S/C95H60N4/c1-3-99-86-36-15-14-34-84(86)96-93(99)66-23-17-21-58(54-66)60-38-46-70-63(52-60)41-48-77-88-68-44-39-64(55-61(68)43-50-83(88)95(90(70)77)80-32-12-8-27-74(80)75-28-9-13-33-81(75)95)71-29-18-35-85-91(71)98(2)92(97-85)65-22-16-20-57(53-65)59-37-45-69-62(51-59)40-47-76-87-67-24-5-4-19-56(67)42-49-82(87)94(89(69)76)78-30-10-6-25-72(78)73-26-7-11-31-79(73)94/h4-55H,3H2,1-2H3. The van der Waals surface area contributed by atoms with Crippen molar-refractivity contribution in [2.24, 2.45) is 7.05 Å². The molecule has 99 heavy (non-hydrogen) atoms. The number of aryl methyl sites for hydroxylation is 2. The Bertz CT molecular complexity index is 6540. The summed E-state index contributed by atoms with van der Waals surface area (Å²) in [5.74, 6) is 1.93. The van der Waals surface area contributed by atoms with Crippen molar-refractivity contribution in [2.45, 2.75) is 24.3 Å². The van der Waals surface area contributed by atoms with Gasteiger partial charge in [0.05, 0.1) is 32.9 Å². The van der Waals surface area contributed by atoms with Crippen LogP contribution in [0.4, 0.5) is 0 Å². The van der Waals surface area contributed by atoms with Crippen LogP contribution < -0.4 is 0 Å². The molecule has 2 aromatic heterocycles. The van der Waals surface area contributed by atoms with Crippen LogP contribution in [0.5, 0.6) is 0 Å². The minimum absolute atomic E-state index is 0.462. The van der Waals surface area contributed by atoms with E-state index in [0.717, 1.165) is 68.1 Å². The first-order valence-corrected chi connectivity index (χ1v) is 34.7. The number of hydrogen-bond acceptors (Lipinski definition) is 2. The van der Waals surface area contributed by atoms with Crippen molar-refractivity contribution in [2.75, 3.05) is 0 Å². The third-order valence-corrected chi connectivity index (χ3v) is 23.1. The molecule has 16 aromatic carbocycles. The van der Waals surface area contributed by atoms with Gasteiger partial charge >= 0.3 is 0 Å². The number of para-hydroxylation sites is 3. The highest BCUT2D eigenvalue weighted by molar-refractivity contribution is 6.14. The molecule has 0 atom stereocenters. The van der Waals surface area contributed by atoms with Gasteiger partial charge in [0.2, 0.25) is 0 Å². The molecule has 0 N–H and O–H groups in total. The maximum absolute atomic E-state index is 5.46. The molecule has 4 nitrogen and oxygen atoms in total. The van der Waals surface area contributed by atoms with Crippen LogP contribution in [0.25, 0.3) is 166 Å². The fourth-order valence-corrected chi connectivity index (χ4v) is 19.1. The van der Waals surface area contributed by atoms with Gasteiger partial charge in [-0.25, -0.2) is 9.97 Å². The summed E-state index contributed by atoms with van der Waals surface area (Å²) < 4.78 is 4.64. The highest BCUT2D eigenvalue weighted by atomic mass is 15.1. The van der Waals surface area contributed by atoms with Gasteiger partial charge in [-0.15, -0.1) is 0 Å². The van der Waals surface area contributed by atoms with Crippen LogP contribution in [-0.4, -0.2) is 19.1 Å². The first-order chi connectivity index (χ1) is 48.9. The smallest absolute Gasteiger partial charge is 0.141 e. The highest BCUT2D eigenvalue weighted by Crippen LogP contribution is 2.67. The normalized spacial score (nSPS) is 13.8. The van der Waals surface area contributed by atoms with Crippen LogP contribution in [0.2, 0.25) is 0 Å². The molecule has 0 aliphatic heterocycles. The fraction of sp³-hybridized carbons (Fsp3) is 0.0526. The van der Waals surface area contributed by atoms with Gasteiger partial charge in [0.1, 0.15) is 11.6 Å². The minimum atomic E-state index is -0.532. The second kappa shape index (κ2) is 20.0. The van der Waals surface area contributed by atoms with Crippen LogP contribution in [0, 0.1) is 0 Å². The molecule has 2 heterocycles. The van der Waals surface area contributed by atoms with E-state index in [1.54, 1.807) is 0 Å². The quantitative estimate of drug-likeness (QED) is 0.166. The molecule has 2 spiro atoms. The van der Waals surface area contributed by atoms with Crippen molar-refractivity contribution in [3.63, 3.8) is 0 Å². The number of fused-ring (bicyclic) bond motifs is 30. The number of hydrogen-bond donors (Lipinski definition) is 0. The van der Waals surface area contributed by atoms with E-state index in [9.17, 15) is 0 Å². The monoisotopic (exact) mass is 1260 g/mol. The SMILES string of the molecule is CCn1c(-c2cccc(-c3ccc4c5c(ccc4c3)-c3c(ccc4cc(-c6cccc7nc(-c8cccc(-c9ccc%10c%11c(ccc%10c9)-c9c(ccc%10ccccc9%10)C%119c%10ccccc%10-c%10ccccc%109)c8)n(C)c67)ccc34)C53c4ccccc4-c4ccccc43)c2)nc2ccccc21. The summed E-state index contributed by atoms with van der Waals surface area (Å²) >= 11 is 0. The Kier molecular flexibility index (Phi) is 11.1.